The summed E-state index contributed by atoms with van der Waals surface area (Å²) >= 11 is 0. The van der Waals surface area contributed by atoms with Crippen molar-refractivity contribution >= 4 is 0 Å². The predicted molar refractivity (Wildman–Crippen MR) is 104 cm³/mol. The number of hydrogen-bond acceptors (Lipinski definition) is 0. The van der Waals surface area contributed by atoms with Crippen molar-refractivity contribution in [1.82, 2.24) is 0 Å². The van der Waals surface area contributed by atoms with Gasteiger partial charge in [0, 0.05) is 0 Å². The van der Waals surface area contributed by atoms with Crippen LogP contribution in [0.2, 0.25) is 0 Å². The molecule has 0 radical (unpaired) electrons. The van der Waals surface area contributed by atoms with Crippen molar-refractivity contribution in [3.63, 3.8) is 0 Å². The van der Waals surface area contributed by atoms with E-state index in [4.69, 9.17) is 0 Å². The van der Waals surface area contributed by atoms with Gasteiger partial charge in [0.05, 0.1) is 0 Å². The molecule has 0 unspecified atom stereocenters. The quantitative estimate of drug-likeness (QED) is 0.488. The van der Waals surface area contributed by atoms with Crippen molar-refractivity contribution in [2.75, 3.05) is 0 Å². The molecule has 0 atom stereocenters. The van der Waals surface area contributed by atoms with Crippen LogP contribution in [0.25, 0.3) is 0 Å². The molecule has 0 amide bonds. The van der Waals surface area contributed by atoms with Gasteiger partial charge in [-0.15, -0.1) is 0 Å². The van der Waals surface area contributed by atoms with E-state index in [1.165, 1.54) is 24.8 Å². The molecule has 1 fully saturated rings. The summed E-state index contributed by atoms with van der Waals surface area (Å²) in [5, 5.41) is 0. The molecule has 1 aromatic rings. The Kier molecular flexibility index (Phi) is 32.8. The molecule has 1 aliphatic rings. The minimum absolute atomic E-state index is 0. The smallest absolute Gasteiger partial charge is 0.0219 e. The second kappa shape index (κ2) is 24.3. The summed E-state index contributed by atoms with van der Waals surface area (Å²) in [5.41, 5.74) is 1.41. The summed E-state index contributed by atoms with van der Waals surface area (Å²) < 4.78 is 0. The molecule has 128 valence electrons. The molecule has 0 aromatic heterocycles. The van der Waals surface area contributed by atoms with E-state index in [0.29, 0.717) is 5.92 Å². The Morgan fingerprint density at radius 3 is 1.10 bits per heavy atom. The van der Waals surface area contributed by atoms with E-state index in [0.717, 1.165) is 5.92 Å². The zero-order chi connectivity index (χ0) is 16.4. The van der Waals surface area contributed by atoms with Crippen LogP contribution in [0, 0.1) is 5.92 Å². The maximum absolute atomic E-state index is 2.20. The fourth-order valence-corrected chi connectivity index (χ4v) is 0.838. The molecule has 0 spiro atoms. The first kappa shape index (κ1) is 28.4. The molecule has 0 nitrogen and oxygen atoms in total. The minimum Gasteiger partial charge on any atom is -0.0776 e. The first-order chi connectivity index (χ1) is 9.54. The fraction of sp³-hybridized carbons (Fsp3) is 0.714. The van der Waals surface area contributed by atoms with E-state index in [1.807, 2.05) is 33.8 Å². The van der Waals surface area contributed by atoms with E-state index in [9.17, 15) is 0 Å². The topological polar surface area (TPSA) is 0 Å². The lowest BCUT2D eigenvalue weighted by Gasteiger charge is -2.01. The Morgan fingerprint density at radius 2 is 0.952 bits per heavy atom. The standard InChI is InChI=1S/C9H12.C4H10.C3H6.2C2H6.CH4/c1-8(2)9-6-4-3-5-7-9;1-4(2)3;1-2-3-1;2*1-2;/h3-8H,1-2H3;4H,1-3H3;1-3H2;2*1-2H3;1H4. The van der Waals surface area contributed by atoms with Gasteiger partial charge < -0.3 is 0 Å². The number of rotatable bonds is 1. The van der Waals surface area contributed by atoms with Crippen LogP contribution < -0.4 is 0 Å². The third kappa shape index (κ3) is 38.2. The van der Waals surface area contributed by atoms with Gasteiger partial charge in [-0.25, -0.2) is 0 Å². The molecule has 0 saturated heterocycles. The Balaban J connectivity index is -0.000000102. The monoisotopic (exact) mass is 296 g/mol. The van der Waals surface area contributed by atoms with Gasteiger partial charge in [0.2, 0.25) is 0 Å². The van der Waals surface area contributed by atoms with E-state index >= 15 is 0 Å². The largest absolute Gasteiger partial charge is 0.0776 e. The van der Waals surface area contributed by atoms with Gasteiger partial charge in [0.25, 0.3) is 0 Å². The van der Waals surface area contributed by atoms with Gasteiger partial charge in [-0.3, -0.25) is 0 Å². The Morgan fingerprint density at radius 1 is 0.667 bits per heavy atom. The van der Waals surface area contributed by atoms with Gasteiger partial charge in [-0.05, 0) is 17.4 Å². The normalized spacial score (nSPS) is 10.0. The van der Waals surface area contributed by atoms with Gasteiger partial charge in [0.15, 0.2) is 0 Å². The predicted octanol–water partition coefficient (Wildman–Crippen LogP) is 8.33. The zero-order valence-corrected chi connectivity index (χ0v) is 15.7. The zero-order valence-electron chi connectivity index (χ0n) is 15.7. The molecule has 1 aromatic carbocycles. The van der Waals surface area contributed by atoms with Crippen molar-refractivity contribution in [3.8, 4) is 0 Å². The van der Waals surface area contributed by atoms with Crippen LogP contribution in [-0.4, -0.2) is 0 Å². The summed E-state index contributed by atoms with van der Waals surface area (Å²) in [6.07, 6.45) is 4.50. The van der Waals surface area contributed by atoms with E-state index in [2.05, 4.69) is 58.9 Å². The highest BCUT2D eigenvalue weighted by atomic mass is 14.0. The van der Waals surface area contributed by atoms with Crippen molar-refractivity contribution in [2.45, 2.75) is 94.9 Å². The van der Waals surface area contributed by atoms with E-state index in [1.54, 1.807) is 0 Å². The van der Waals surface area contributed by atoms with Crippen LogP contribution in [-0.2, 0) is 0 Å². The summed E-state index contributed by atoms with van der Waals surface area (Å²) in [4.78, 5) is 0. The second-order valence-corrected chi connectivity index (χ2v) is 5.36. The molecular formula is C21H44. The van der Waals surface area contributed by atoms with Crippen LogP contribution in [0.15, 0.2) is 30.3 Å². The van der Waals surface area contributed by atoms with Gasteiger partial charge >= 0.3 is 0 Å². The molecule has 1 saturated carbocycles. The fourth-order valence-electron chi connectivity index (χ4n) is 0.838. The van der Waals surface area contributed by atoms with Crippen LogP contribution in [0.3, 0.4) is 0 Å². The lowest BCUT2D eigenvalue weighted by Crippen LogP contribution is -1.83. The third-order valence-electron chi connectivity index (χ3n) is 1.82. The summed E-state index contributed by atoms with van der Waals surface area (Å²) in [7, 11) is 0. The van der Waals surface area contributed by atoms with Gasteiger partial charge in [0.1, 0.15) is 0 Å². The first-order valence-corrected chi connectivity index (χ1v) is 8.59. The van der Waals surface area contributed by atoms with Gasteiger partial charge in [-0.1, -0.05) is 119 Å². The summed E-state index contributed by atoms with van der Waals surface area (Å²) in [5.74, 6) is 1.49. The van der Waals surface area contributed by atoms with Crippen molar-refractivity contribution in [2.24, 2.45) is 5.92 Å². The molecule has 21 heavy (non-hydrogen) atoms. The second-order valence-electron chi connectivity index (χ2n) is 5.36. The molecule has 0 heterocycles. The summed E-state index contributed by atoms with van der Waals surface area (Å²) in [6, 6.07) is 10.5. The van der Waals surface area contributed by atoms with Crippen LogP contribution in [0.1, 0.15) is 100 Å². The van der Waals surface area contributed by atoms with E-state index in [-0.39, 0.29) is 7.43 Å². The Labute approximate surface area is 137 Å². The maximum Gasteiger partial charge on any atom is -0.0219 e. The molecule has 0 bridgehead atoms. The molecule has 2 rings (SSSR count). The average Bonchev–Trinajstić information content (AvgIpc) is 3.32. The van der Waals surface area contributed by atoms with Crippen LogP contribution >= 0.6 is 0 Å². The van der Waals surface area contributed by atoms with Crippen molar-refractivity contribution in [3.05, 3.63) is 35.9 Å². The third-order valence-corrected chi connectivity index (χ3v) is 1.82. The number of benzene rings is 1. The van der Waals surface area contributed by atoms with Crippen LogP contribution in [0.4, 0.5) is 0 Å². The summed E-state index contributed by atoms with van der Waals surface area (Å²) in [6.45, 7) is 18.9. The van der Waals surface area contributed by atoms with Crippen molar-refractivity contribution < 1.29 is 0 Å². The first-order valence-electron chi connectivity index (χ1n) is 8.59. The maximum atomic E-state index is 2.20. The van der Waals surface area contributed by atoms with Crippen molar-refractivity contribution in [1.29, 1.82) is 0 Å². The lowest BCUT2D eigenvalue weighted by molar-refractivity contribution is 0.737. The minimum atomic E-state index is 0. The molecule has 0 heteroatoms. The Bertz CT molecular complexity index is 226. The highest BCUT2D eigenvalue weighted by Gasteiger charge is 1.95. The molecular weight excluding hydrogens is 252 g/mol. The van der Waals surface area contributed by atoms with Gasteiger partial charge in [-0.2, -0.15) is 0 Å². The highest BCUT2D eigenvalue weighted by molar-refractivity contribution is 5.17. The number of hydrogen-bond donors (Lipinski definition) is 0. The molecule has 0 aliphatic heterocycles. The van der Waals surface area contributed by atoms with Crippen LogP contribution in [0.5, 0.6) is 0 Å². The SMILES string of the molecule is C.C1CC1.CC.CC.CC(C)C.CC(C)c1ccccc1. The molecule has 1 aliphatic carbocycles. The van der Waals surface area contributed by atoms with E-state index < -0.39 is 0 Å². The molecule has 0 N–H and O–H groups in total. The highest BCUT2D eigenvalue weighted by Crippen LogP contribution is 2.14. The Hall–Kier alpha value is -0.780. The lowest BCUT2D eigenvalue weighted by atomic mass is 10.0. The average molecular weight is 297 g/mol.